The number of hydrogen-bond acceptors (Lipinski definition) is 5. The van der Waals surface area contributed by atoms with E-state index in [1.54, 1.807) is 13.0 Å². The number of pyridine rings is 1. The first kappa shape index (κ1) is 18.4. The summed E-state index contributed by atoms with van der Waals surface area (Å²) in [7, 11) is 0. The van der Waals surface area contributed by atoms with Crippen molar-refractivity contribution in [1.29, 1.82) is 0 Å². The summed E-state index contributed by atoms with van der Waals surface area (Å²) in [5.74, 6) is -1.56. The van der Waals surface area contributed by atoms with Gasteiger partial charge in [0.2, 0.25) is 0 Å². The van der Waals surface area contributed by atoms with Crippen molar-refractivity contribution in [2.45, 2.75) is 64.8 Å². The molecule has 0 radical (unpaired) electrons. The van der Waals surface area contributed by atoms with Gasteiger partial charge in [-0.2, -0.15) is 0 Å². The summed E-state index contributed by atoms with van der Waals surface area (Å²) < 4.78 is 5.26. The van der Waals surface area contributed by atoms with Crippen LogP contribution in [0, 0.1) is 12.8 Å². The van der Waals surface area contributed by atoms with E-state index in [0.717, 1.165) is 25.0 Å². The molecule has 1 saturated carbocycles. The monoisotopic (exact) mass is 359 g/mol. The van der Waals surface area contributed by atoms with Crippen LogP contribution in [0.4, 0.5) is 0 Å². The van der Waals surface area contributed by atoms with Gasteiger partial charge in [0.25, 0.3) is 11.6 Å². The lowest BCUT2D eigenvalue weighted by Crippen LogP contribution is -2.43. The molecule has 2 heterocycles. The molecule has 0 unspecified atom stereocenters. The highest BCUT2D eigenvalue weighted by atomic mass is 16.5. The second kappa shape index (κ2) is 7.43. The van der Waals surface area contributed by atoms with Gasteiger partial charge in [0, 0.05) is 11.7 Å². The van der Waals surface area contributed by atoms with E-state index in [4.69, 9.17) is 4.52 Å². The second-order valence-electron chi connectivity index (χ2n) is 7.36. The molecule has 2 aromatic heterocycles. The van der Waals surface area contributed by atoms with E-state index in [0.29, 0.717) is 35.2 Å². The molecule has 1 aliphatic rings. The van der Waals surface area contributed by atoms with Crippen LogP contribution in [0.3, 0.4) is 0 Å². The SMILES string of the molecule is Cc1noc2nc(C(C)C)cc(C(=O)N[C@H]3CCCCC[C@H]3C(=O)O)c12. The maximum absolute atomic E-state index is 13.0. The van der Waals surface area contributed by atoms with Crippen molar-refractivity contribution < 1.29 is 19.2 Å². The number of carbonyl (C=O) groups excluding carboxylic acids is 1. The van der Waals surface area contributed by atoms with Crippen molar-refractivity contribution in [1.82, 2.24) is 15.5 Å². The minimum absolute atomic E-state index is 0.126. The Kier molecular flexibility index (Phi) is 5.25. The number of aliphatic carboxylic acids is 1. The minimum Gasteiger partial charge on any atom is -0.481 e. The highest BCUT2D eigenvalue weighted by Gasteiger charge is 2.31. The van der Waals surface area contributed by atoms with Gasteiger partial charge < -0.3 is 14.9 Å². The molecule has 0 aliphatic heterocycles. The zero-order chi connectivity index (χ0) is 18.8. The van der Waals surface area contributed by atoms with E-state index in [1.165, 1.54) is 0 Å². The van der Waals surface area contributed by atoms with E-state index in [-0.39, 0.29) is 17.9 Å². The van der Waals surface area contributed by atoms with Gasteiger partial charge >= 0.3 is 5.97 Å². The van der Waals surface area contributed by atoms with Crippen LogP contribution in [0.15, 0.2) is 10.6 Å². The lowest BCUT2D eigenvalue weighted by molar-refractivity contribution is -0.142. The molecule has 3 rings (SSSR count). The maximum atomic E-state index is 13.0. The third-order valence-corrected chi connectivity index (χ3v) is 5.12. The van der Waals surface area contributed by atoms with Crippen LogP contribution in [0.2, 0.25) is 0 Å². The van der Waals surface area contributed by atoms with Crippen molar-refractivity contribution in [2.24, 2.45) is 5.92 Å². The quantitative estimate of drug-likeness (QED) is 0.810. The first-order valence-electron chi connectivity index (χ1n) is 9.19. The largest absolute Gasteiger partial charge is 0.481 e. The summed E-state index contributed by atoms with van der Waals surface area (Å²) in [4.78, 5) is 29.1. The second-order valence-corrected chi connectivity index (χ2v) is 7.36. The number of aromatic nitrogens is 2. The highest BCUT2D eigenvalue weighted by Crippen LogP contribution is 2.27. The Bertz CT molecular complexity index is 828. The molecule has 7 heteroatoms. The van der Waals surface area contributed by atoms with Gasteiger partial charge in [0.1, 0.15) is 0 Å². The van der Waals surface area contributed by atoms with Gasteiger partial charge in [-0.3, -0.25) is 9.59 Å². The normalized spacial score (nSPS) is 20.9. The fourth-order valence-electron chi connectivity index (χ4n) is 3.61. The van der Waals surface area contributed by atoms with Crippen LogP contribution >= 0.6 is 0 Å². The molecular weight excluding hydrogens is 334 g/mol. The zero-order valence-electron chi connectivity index (χ0n) is 15.4. The molecule has 140 valence electrons. The fourth-order valence-corrected chi connectivity index (χ4v) is 3.61. The third kappa shape index (κ3) is 3.57. The van der Waals surface area contributed by atoms with E-state index in [1.807, 2.05) is 13.8 Å². The van der Waals surface area contributed by atoms with Crippen LogP contribution in [0.5, 0.6) is 0 Å². The predicted molar refractivity (Wildman–Crippen MR) is 96.1 cm³/mol. The number of carbonyl (C=O) groups is 2. The molecule has 0 saturated heterocycles. The van der Waals surface area contributed by atoms with E-state index >= 15 is 0 Å². The van der Waals surface area contributed by atoms with Gasteiger partial charge in [-0.15, -0.1) is 0 Å². The third-order valence-electron chi connectivity index (χ3n) is 5.12. The molecule has 1 aliphatic carbocycles. The number of nitrogens with zero attached hydrogens (tertiary/aromatic N) is 2. The molecule has 7 nitrogen and oxygen atoms in total. The fraction of sp³-hybridized carbons (Fsp3) is 0.579. The van der Waals surface area contributed by atoms with Crippen LogP contribution in [0.25, 0.3) is 11.1 Å². The molecule has 2 aromatic rings. The van der Waals surface area contributed by atoms with E-state index in [9.17, 15) is 14.7 Å². The Morgan fingerprint density at radius 1 is 1.27 bits per heavy atom. The molecule has 26 heavy (non-hydrogen) atoms. The molecule has 0 spiro atoms. The van der Waals surface area contributed by atoms with Crippen LogP contribution in [0.1, 0.15) is 73.6 Å². The van der Waals surface area contributed by atoms with Crippen molar-refractivity contribution in [3.63, 3.8) is 0 Å². The summed E-state index contributed by atoms with van der Waals surface area (Å²) >= 11 is 0. The number of carboxylic acid groups (broad SMARTS) is 1. The average Bonchev–Trinajstić information content (AvgIpc) is 2.81. The predicted octanol–water partition coefficient (Wildman–Crippen LogP) is 3.42. The Balaban J connectivity index is 1.96. The molecule has 0 aromatic carbocycles. The van der Waals surface area contributed by atoms with Crippen LogP contribution in [-0.2, 0) is 4.79 Å². The maximum Gasteiger partial charge on any atom is 0.308 e. The number of fused-ring (bicyclic) bond motifs is 1. The smallest absolute Gasteiger partial charge is 0.308 e. The first-order valence-corrected chi connectivity index (χ1v) is 9.19. The summed E-state index contributed by atoms with van der Waals surface area (Å²) in [5, 5.41) is 17.0. The Hall–Kier alpha value is -2.44. The number of amides is 1. The average molecular weight is 359 g/mol. The lowest BCUT2D eigenvalue weighted by atomic mass is 9.94. The molecule has 2 atom stereocenters. The zero-order valence-corrected chi connectivity index (χ0v) is 15.4. The number of carboxylic acids is 1. The molecule has 2 N–H and O–H groups in total. The van der Waals surface area contributed by atoms with Crippen LogP contribution < -0.4 is 5.32 Å². The first-order chi connectivity index (χ1) is 12.4. The molecular formula is C19H25N3O4. The van der Waals surface area contributed by atoms with Crippen molar-refractivity contribution in [3.8, 4) is 0 Å². The number of nitrogens with one attached hydrogen (secondary N) is 1. The van der Waals surface area contributed by atoms with Gasteiger partial charge in [-0.05, 0) is 31.7 Å². The van der Waals surface area contributed by atoms with Crippen LogP contribution in [-0.4, -0.2) is 33.2 Å². The summed E-state index contributed by atoms with van der Waals surface area (Å²) in [5.41, 5.74) is 2.14. The molecule has 1 fully saturated rings. The van der Waals surface area contributed by atoms with Crippen molar-refractivity contribution in [2.75, 3.05) is 0 Å². The van der Waals surface area contributed by atoms with E-state index < -0.39 is 11.9 Å². The number of hydrogen-bond donors (Lipinski definition) is 2. The minimum atomic E-state index is -0.846. The number of rotatable bonds is 4. The standard InChI is InChI=1S/C19H25N3O4/c1-10(2)15-9-13(16-11(3)22-26-18(16)21-15)17(23)20-14-8-6-4-5-7-12(14)19(24)25/h9-10,12,14H,4-8H2,1-3H3,(H,20,23)(H,24,25)/t12-,14+/m1/s1. The lowest BCUT2D eigenvalue weighted by Gasteiger charge is -2.23. The Labute approximate surface area is 152 Å². The topological polar surface area (TPSA) is 105 Å². The van der Waals surface area contributed by atoms with Gasteiger partial charge in [0.05, 0.1) is 22.6 Å². The van der Waals surface area contributed by atoms with Gasteiger partial charge in [-0.25, -0.2) is 4.98 Å². The van der Waals surface area contributed by atoms with Gasteiger partial charge in [0.15, 0.2) is 0 Å². The Morgan fingerprint density at radius 2 is 2.00 bits per heavy atom. The summed E-state index contributed by atoms with van der Waals surface area (Å²) in [6, 6.07) is 1.40. The Morgan fingerprint density at radius 3 is 2.69 bits per heavy atom. The van der Waals surface area contributed by atoms with Crippen molar-refractivity contribution in [3.05, 3.63) is 23.0 Å². The van der Waals surface area contributed by atoms with Gasteiger partial charge in [-0.1, -0.05) is 38.3 Å². The molecule has 1 amide bonds. The summed E-state index contributed by atoms with van der Waals surface area (Å²) in [6.45, 7) is 5.75. The van der Waals surface area contributed by atoms with E-state index in [2.05, 4.69) is 15.5 Å². The summed E-state index contributed by atoms with van der Waals surface area (Å²) in [6.07, 6.45) is 4.07. The van der Waals surface area contributed by atoms with Crippen molar-refractivity contribution >= 4 is 23.0 Å². The highest BCUT2D eigenvalue weighted by molar-refractivity contribution is 6.06. The number of aryl methyl sites for hydroxylation is 1. The molecule has 0 bridgehead atoms.